The third kappa shape index (κ3) is 4.40. The number of aryl methyl sites for hydroxylation is 1. The normalized spacial score (nSPS) is 17.0. The molecule has 0 bridgehead atoms. The first-order valence-electron chi connectivity index (χ1n) is 7.60. The van der Waals surface area contributed by atoms with Crippen LogP contribution in [0.25, 0.3) is 0 Å². The minimum Gasteiger partial charge on any atom is -0.297 e. The van der Waals surface area contributed by atoms with Crippen LogP contribution in [0.4, 0.5) is 18.9 Å². The van der Waals surface area contributed by atoms with Crippen molar-refractivity contribution >= 4 is 21.4 Å². The number of sulfonamides is 1. The minimum absolute atomic E-state index is 0.129. The number of nitrogens with zero attached hydrogens (tertiary/aromatic N) is 2. The van der Waals surface area contributed by atoms with Crippen LogP contribution < -0.4 is 4.72 Å². The van der Waals surface area contributed by atoms with Crippen LogP contribution in [0.5, 0.6) is 0 Å². The van der Waals surface area contributed by atoms with Gasteiger partial charge in [0.05, 0.1) is 11.4 Å². The van der Waals surface area contributed by atoms with Gasteiger partial charge in [0.2, 0.25) is 0 Å². The molecule has 0 aliphatic carbocycles. The smallest absolute Gasteiger partial charge is 0.297 e. The Bertz CT molecular complexity index is 724. The van der Waals surface area contributed by atoms with Crippen molar-refractivity contribution in [1.29, 1.82) is 0 Å². The fraction of sp³-hybridized carbons (Fsp3) is 0.533. The number of piperidine rings is 1. The highest BCUT2D eigenvalue weighted by atomic mass is 32.2. The Kier molecular flexibility index (Phi) is 5.42. The highest BCUT2D eigenvalue weighted by molar-refractivity contribution is 7.93. The Morgan fingerprint density at radius 1 is 1.21 bits per heavy atom. The zero-order valence-corrected chi connectivity index (χ0v) is 14.3. The molecule has 1 aromatic carbocycles. The van der Waals surface area contributed by atoms with E-state index in [0.29, 0.717) is 11.3 Å². The molecule has 134 valence electrons. The predicted octanol–water partition coefficient (Wildman–Crippen LogP) is 3.47. The summed E-state index contributed by atoms with van der Waals surface area (Å²) in [7, 11) is -5.47. The Hall–Kier alpha value is -1.77. The maximum absolute atomic E-state index is 12.6. The molecule has 0 amide bonds. The van der Waals surface area contributed by atoms with Gasteiger partial charge in [0.25, 0.3) is 0 Å². The third-order valence-electron chi connectivity index (χ3n) is 3.74. The second-order valence-corrected chi connectivity index (χ2v) is 7.47. The van der Waals surface area contributed by atoms with Gasteiger partial charge in [-0.1, -0.05) is 11.6 Å². The van der Waals surface area contributed by atoms with Gasteiger partial charge >= 0.3 is 15.5 Å². The molecule has 0 unspecified atom stereocenters. The standard InChI is InChI=1S/C15H20F3N3O2S/c1-11-6-7-14(20-24(22,23)15(16,17)18)13(10-11)12(2)19-21-8-4-3-5-9-21/h6-7,10,20H,3-5,8-9H2,1-2H3/b19-12+. The van der Waals surface area contributed by atoms with Gasteiger partial charge in [0, 0.05) is 18.7 Å². The molecule has 1 heterocycles. The Labute approximate surface area is 139 Å². The van der Waals surface area contributed by atoms with Crippen molar-refractivity contribution in [2.75, 3.05) is 17.8 Å². The van der Waals surface area contributed by atoms with Gasteiger partial charge < -0.3 is 0 Å². The molecule has 0 spiro atoms. The summed E-state index contributed by atoms with van der Waals surface area (Å²) in [6, 6.07) is 4.49. The van der Waals surface area contributed by atoms with E-state index >= 15 is 0 Å². The van der Waals surface area contributed by atoms with Gasteiger partial charge in [-0.25, -0.2) is 0 Å². The van der Waals surface area contributed by atoms with E-state index in [0.717, 1.165) is 37.9 Å². The number of halogens is 3. The molecule has 0 saturated carbocycles. The Balaban J connectivity index is 2.35. The van der Waals surface area contributed by atoms with Crippen molar-refractivity contribution in [3.8, 4) is 0 Å². The second-order valence-electron chi connectivity index (χ2n) is 5.80. The zero-order valence-electron chi connectivity index (χ0n) is 13.5. The van der Waals surface area contributed by atoms with Gasteiger partial charge in [-0.2, -0.15) is 26.7 Å². The SMILES string of the molecule is C/C(=N\N1CCCCC1)c1cc(C)ccc1NS(=O)(=O)C(F)(F)F. The van der Waals surface area contributed by atoms with Gasteiger partial charge in [-0.3, -0.25) is 9.73 Å². The molecule has 9 heteroatoms. The maximum atomic E-state index is 12.6. The predicted molar refractivity (Wildman–Crippen MR) is 87.4 cm³/mol. The molecule has 2 rings (SSSR count). The van der Waals surface area contributed by atoms with Crippen molar-refractivity contribution in [3.05, 3.63) is 29.3 Å². The summed E-state index contributed by atoms with van der Waals surface area (Å²) in [5.41, 5.74) is -3.88. The number of anilines is 1. The van der Waals surface area contributed by atoms with Crippen LogP contribution in [0.1, 0.15) is 37.3 Å². The molecule has 0 radical (unpaired) electrons. The van der Waals surface area contributed by atoms with Crippen LogP contribution in [0.3, 0.4) is 0 Å². The molecular formula is C15H20F3N3O2S. The van der Waals surface area contributed by atoms with E-state index < -0.39 is 15.5 Å². The van der Waals surface area contributed by atoms with Crippen molar-refractivity contribution < 1.29 is 21.6 Å². The van der Waals surface area contributed by atoms with Gasteiger partial charge in [0.1, 0.15) is 0 Å². The first kappa shape index (κ1) is 18.6. The lowest BCUT2D eigenvalue weighted by atomic mass is 10.1. The molecule has 1 fully saturated rings. The summed E-state index contributed by atoms with van der Waals surface area (Å²) < 4.78 is 62.2. The molecule has 1 aliphatic heterocycles. The van der Waals surface area contributed by atoms with Crippen molar-refractivity contribution in [2.45, 2.75) is 38.6 Å². The van der Waals surface area contributed by atoms with Crippen LogP contribution in [0.15, 0.2) is 23.3 Å². The van der Waals surface area contributed by atoms with Crippen LogP contribution in [-0.2, 0) is 10.0 Å². The van der Waals surface area contributed by atoms with Crippen LogP contribution in [-0.4, -0.2) is 37.7 Å². The molecule has 0 atom stereocenters. The summed E-state index contributed by atoms with van der Waals surface area (Å²) in [4.78, 5) is 0. The number of alkyl halides is 3. The number of rotatable bonds is 4. The van der Waals surface area contributed by atoms with Crippen molar-refractivity contribution in [3.63, 3.8) is 0 Å². The first-order valence-corrected chi connectivity index (χ1v) is 9.09. The number of hydrogen-bond acceptors (Lipinski definition) is 4. The van der Waals surface area contributed by atoms with Crippen molar-refractivity contribution in [1.82, 2.24) is 5.01 Å². The fourth-order valence-electron chi connectivity index (χ4n) is 2.49. The molecule has 24 heavy (non-hydrogen) atoms. The molecular weight excluding hydrogens is 343 g/mol. The Morgan fingerprint density at radius 2 is 1.83 bits per heavy atom. The van der Waals surface area contributed by atoms with E-state index in [9.17, 15) is 21.6 Å². The third-order valence-corrected chi connectivity index (χ3v) is 4.84. The number of hydrazone groups is 1. The second kappa shape index (κ2) is 7.00. The van der Waals surface area contributed by atoms with Crippen molar-refractivity contribution in [2.24, 2.45) is 5.10 Å². The van der Waals surface area contributed by atoms with E-state index in [-0.39, 0.29) is 5.69 Å². The fourth-order valence-corrected chi connectivity index (χ4v) is 3.08. The quantitative estimate of drug-likeness (QED) is 0.834. The number of hydrogen-bond donors (Lipinski definition) is 1. The molecule has 1 aliphatic rings. The van der Waals surface area contributed by atoms with Gasteiger partial charge in [-0.15, -0.1) is 0 Å². The van der Waals surface area contributed by atoms with E-state index in [1.54, 1.807) is 30.7 Å². The highest BCUT2D eigenvalue weighted by Gasteiger charge is 2.46. The highest BCUT2D eigenvalue weighted by Crippen LogP contribution is 2.28. The summed E-state index contributed by atoms with van der Waals surface area (Å²) in [5, 5.41) is 6.30. The first-order chi connectivity index (χ1) is 11.1. The van der Waals surface area contributed by atoms with E-state index in [1.807, 2.05) is 5.01 Å². The maximum Gasteiger partial charge on any atom is 0.516 e. The summed E-state index contributed by atoms with van der Waals surface area (Å²) in [6.07, 6.45) is 3.16. The lowest BCUT2D eigenvalue weighted by Crippen LogP contribution is -2.30. The monoisotopic (exact) mass is 363 g/mol. The number of nitrogens with one attached hydrogen (secondary N) is 1. The summed E-state index contributed by atoms with van der Waals surface area (Å²) in [6.45, 7) is 5.01. The van der Waals surface area contributed by atoms with Crippen LogP contribution in [0, 0.1) is 6.92 Å². The molecule has 5 nitrogen and oxygen atoms in total. The average molecular weight is 363 g/mol. The van der Waals surface area contributed by atoms with Crippen LogP contribution in [0.2, 0.25) is 0 Å². The zero-order chi connectivity index (χ0) is 18.0. The molecule has 1 aromatic rings. The number of benzene rings is 1. The molecule has 0 aromatic heterocycles. The topological polar surface area (TPSA) is 61.8 Å². The van der Waals surface area contributed by atoms with E-state index in [1.165, 1.54) is 6.07 Å². The van der Waals surface area contributed by atoms with Crippen LogP contribution >= 0.6 is 0 Å². The van der Waals surface area contributed by atoms with E-state index in [2.05, 4.69) is 5.10 Å². The average Bonchev–Trinajstić information content (AvgIpc) is 2.48. The lowest BCUT2D eigenvalue weighted by Gasteiger charge is -2.25. The largest absolute Gasteiger partial charge is 0.516 e. The molecule has 1 saturated heterocycles. The summed E-state index contributed by atoms with van der Waals surface area (Å²) in [5.74, 6) is 0. The summed E-state index contributed by atoms with van der Waals surface area (Å²) >= 11 is 0. The van der Waals surface area contributed by atoms with Gasteiger partial charge in [0.15, 0.2) is 0 Å². The molecule has 1 N–H and O–H groups in total. The van der Waals surface area contributed by atoms with E-state index in [4.69, 9.17) is 0 Å². The van der Waals surface area contributed by atoms with Gasteiger partial charge in [-0.05, 0) is 45.2 Å². The lowest BCUT2D eigenvalue weighted by molar-refractivity contribution is -0.0429. The Morgan fingerprint density at radius 3 is 2.42 bits per heavy atom. The minimum atomic E-state index is -5.47.